The molecule has 0 fully saturated rings. The normalized spacial score (nSPS) is 11.5. The van der Waals surface area contributed by atoms with Crippen LogP contribution in [0.15, 0.2) is 140 Å². The molecule has 42 heavy (non-hydrogen) atoms. The summed E-state index contributed by atoms with van der Waals surface area (Å²) in [5.74, 6) is 0.654. The van der Waals surface area contributed by atoms with E-state index < -0.39 is 15.8 Å². The average molecular weight is 588 g/mol. The number of carbonyl (C=O) groups excluding carboxylic acids is 1. The van der Waals surface area contributed by atoms with Crippen LogP contribution in [-0.2, 0) is 4.79 Å². The molecule has 0 atom stereocenters. The molecular weight excluding hydrogens is 548 g/mol. The zero-order chi connectivity index (χ0) is 29.5. The summed E-state index contributed by atoms with van der Waals surface area (Å²) in [7, 11) is -2.14. The van der Waals surface area contributed by atoms with Crippen molar-refractivity contribution >= 4 is 48.7 Å². The van der Waals surface area contributed by atoms with Crippen molar-refractivity contribution in [3.8, 4) is 0 Å². The van der Waals surface area contributed by atoms with Gasteiger partial charge in [-0.25, -0.2) is 0 Å². The molecule has 0 aliphatic heterocycles. The summed E-state index contributed by atoms with van der Waals surface area (Å²) >= 11 is 0. The zero-order valence-corrected chi connectivity index (χ0v) is 26.6. The Bertz CT molecular complexity index is 1380. The molecule has 0 spiro atoms. The molecule has 5 aromatic carbocycles. The number of hydrogen-bond donors (Lipinski definition) is 1. The standard InChI is InChI=1S/C38H39NOP2/c1-28(2)34-26-17-27-35(29(3)4)36(34)39-37(40)38(41(30-18-9-5-10-19-30)31-20-11-6-12-21-31)42(32-22-13-7-14-23-32)33-24-15-8-16-25-33/h5-29,38H,1-4H3,(H,39,40). The van der Waals surface area contributed by atoms with Crippen LogP contribution in [0.5, 0.6) is 0 Å². The highest BCUT2D eigenvalue weighted by atomic mass is 31.2. The molecule has 5 rings (SSSR count). The summed E-state index contributed by atoms with van der Waals surface area (Å²) in [5, 5.41) is 8.11. The molecule has 0 saturated heterocycles. The fourth-order valence-corrected chi connectivity index (χ4v) is 12.3. The second-order valence-electron chi connectivity index (χ2n) is 11.1. The highest BCUT2D eigenvalue weighted by molar-refractivity contribution is 7.90. The number of nitrogens with one attached hydrogen (secondary N) is 1. The van der Waals surface area contributed by atoms with Crippen molar-refractivity contribution in [2.24, 2.45) is 0 Å². The maximum Gasteiger partial charge on any atom is 0.237 e. The summed E-state index contributed by atoms with van der Waals surface area (Å²) < 4.78 is 0. The molecule has 5 aromatic rings. The van der Waals surface area contributed by atoms with Gasteiger partial charge >= 0.3 is 0 Å². The molecule has 0 aromatic heterocycles. The number of para-hydroxylation sites is 1. The average Bonchev–Trinajstić information content (AvgIpc) is 3.02. The van der Waals surface area contributed by atoms with Gasteiger partial charge in [-0.15, -0.1) is 0 Å². The van der Waals surface area contributed by atoms with Crippen molar-refractivity contribution < 1.29 is 4.79 Å². The third kappa shape index (κ3) is 6.73. The number of amides is 1. The Kier molecular flexibility index (Phi) is 10.0. The number of hydrogen-bond acceptors (Lipinski definition) is 1. The molecule has 0 saturated carbocycles. The van der Waals surface area contributed by atoms with Gasteiger partial charge in [-0.1, -0.05) is 167 Å². The molecule has 0 aliphatic carbocycles. The van der Waals surface area contributed by atoms with E-state index in [-0.39, 0.29) is 23.1 Å². The lowest BCUT2D eigenvalue weighted by Crippen LogP contribution is -2.36. The molecule has 0 heterocycles. The Labute approximate surface area is 253 Å². The summed E-state index contributed by atoms with van der Waals surface area (Å²) in [6.07, 6.45) is 0. The quantitative estimate of drug-likeness (QED) is 0.163. The van der Waals surface area contributed by atoms with Crippen LogP contribution in [0.25, 0.3) is 0 Å². The molecule has 2 nitrogen and oxygen atoms in total. The van der Waals surface area contributed by atoms with Crippen LogP contribution in [-0.4, -0.2) is 11.3 Å². The first kappa shape index (κ1) is 29.9. The molecule has 0 bridgehead atoms. The second kappa shape index (κ2) is 14.1. The third-order valence-electron chi connectivity index (χ3n) is 7.48. The second-order valence-corrected chi connectivity index (χ2v) is 16.1. The van der Waals surface area contributed by atoms with Crippen molar-refractivity contribution in [3.63, 3.8) is 0 Å². The van der Waals surface area contributed by atoms with Gasteiger partial charge in [0.25, 0.3) is 0 Å². The maximum atomic E-state index is 15.2. The molecule has 1 amide bonds. The fourth-order valence-electron chi connectivity index (χ4n) is 5.45. The molecule has 4 heteroatoms. The van der Waals surface area contributed by atoms with Gasteiger partial charge in [0.05, 0.1) is 5.40 Å². The van der Waals surface area contributed by atoms with E-state index in [2.05, 4.69) is 173 Å². The van der Waals surface area contributed by atoms with Crippen LogP contribution in [0.3, 0.4) is 0 Å². The fraction of sp³-hybridized carbons (Fsp3) is 0.184. The van der Waals surface area contributed by atoms with Gasteiger partial charge in [0.2, 0.25) is 5.91 Å². The van der Waals surface area contributed by atoms with E-state index in [1.54, 1.807) is 0 Å². The lowest BCUT2D eigenvalue weighted by atomic mass is 9.92. The van der Waals surface area contributed by atoms with Gasteiger partial charge in [-0.05, 0) is 60.0 Å². The Morgan fingerprint density at radius 3 is 1.07 bits per heavy atom. The van der Waals surface area contributed by atoms with E-state index >= 15 is 4.79 Å². The van der Waals surface area contributed by atoms with Crippen molar-refractivity contribution in [2.75, 3.05) is 5.32 Å². The van der Waals surface area contributed by atoms with Crippen molar-refractivity contribution in [2.45, 2.75) is 44.9 Å². The number of anilines is 1. The minimum Gasteiger partial charge on any atom is -0.325 e. The van der Waals surface area contributed by atoms with Crippen LogP contribution in [0.2, 0.25) is 0 Å². The summed E-state index contributed by atoms with van der Waals surface area (Å²) in [6, 6.07) is 49.1. The highest BCUT2D eigenvalue weighted by Gasteiger charge is 2.39. The van der Waals surface area contributed by atoms with E-state index in [0.29, 0.717) is 0 Å². The Hall–Kier alpha value is -3.57. The monoisotopic (exact) mass is 587 g/mol. The molecular formula is C38H39NOP2. The molecule has 0 unspecified atom stereocenters. The minimum absolute atomic E-state index is 0.0858. The lowest BCUT2D eigenvalue weighted by Gasteiger charge is -2.35. The van der Waals surface area contributed by atoms with E-state index in [4.69, 9.17) is 0 Å². The van der Waals surface area contributed by atoms with Gasteiger partial charge in [-0.2, -0.15) is 0 Å². The van der Waals surface area contributed by atoms with Crippen LogP contribution >= 0.6 is 15.8 Å². The van der Waals surface area contributed by atoms with Crippen molar-refractivity contribution in [1.29, 1.82) is 0 Å². The maximum absolute atomic E-state index is 15.2. The molecule has 212 valence electrons. The van der Waals surface area contributed by atoms with Crippen molar-refractivity contribution in [3.05, 3.63) is 151 Å². The smallest absolute Gasteiger partial charge is 0.237 e. The van der Waals surface area contributed by atoms with E-state index in [1.807, 2.05) is 0 Å². The van der Waals surface area contributed by atoms with Gasteiger partial charge in [0.15, 0.2) is 0 Å². The van der Waals surface area contributed by atoms with Gasteiger partial charge in [-0.3, -0.25) is 4.79 Å². The Balaban J connectivity index is 1.76. The van der Waals surface area contributed by atoms with Crippen molar-refractivity contribution in [1.82, 2.24) is 0 Å². The first-order valence-corrected chi connectivity index (χ1v) is 17.5. The van der Waals surface area contributed by atoms with Crippen LogP contribution in [0, 0.1) is 0 Å². The Morgan fingerprint density at radius 1 is 0.476 bits per heavy atom. The van der Waals surface area contributed by atoms with Gasteiger partial charge in [0.1, 0.15) is 0 Å². The topological polar surface area (TPSA) is 29.1 Å². The summed E-state index contributed by atoms with van der Waals surface area (Å²) in [6.45, 7) is 8.81. The molecule has 0 radical (unpaired) electrons. The van der Waals surface area contributed by atoms with E-state index in [1.165, 1.54) is 32.3 Å². The van der Waals surface area contributed by atoms with Gasteiger partial charge < -0.3 is 5.32 Å². The molecule has 0 aliphatic rings. The largest absolute Gasteiger partial charge is 0.325 e. The zero-order valence-electron chi connectivity index (χ0n) is 24.8. The highest BCUT2D eigenvalue weighted by Crippen LogP contribution is 2.56. The first-order chi connectivity index (χ1) is 20.5. The van der Waals surface area contributed by atoms with E-state index in [9.17, 15) is 0 Å². The lowest BCUT2D eigenvalue weighted by molar-refractivity contribution is -0.114. The number of carbonyl (C=O) groups is 1. The van der Waals surface area contributed by atoms with E-state index in [0.717, 1.165) is 5.69 Å². The summed E-state index contributed by atoms with van der Waals surface area (Å²) in [5.41, 5.74) is 3.34. The summed E-state index contributed by atoms with van der Waals surface area (Å²) in [4.78, 5) is 15.2. The van der Waals surface area contributed by atoms with Crippen LogP contribution in [0.1, 0.15) is 50.7 Å². The number of rotatable bonds is 10. The number of benzene rings is 5. The minimum atomic E-state index is -1.07. The molecule has 1 N–H and O–H groups in total. The van der Waals surface area contributed by atoms with Gasteiger partial charge in [0, 0.05) is 5.69 Å². The third-order valence-corrected chi connectivity index (χ3v) is 13.7. The first-order valence-electron chi connectivity index (χ1n) is 14.7. The predicted octanol–water partition coefficient (Wildman–Crippen LogP) is 8.46. The van der Waals surface area contributed by atoms with Crippen LogP contribution < -0.4 is 26.5 Å². The predicted molar refractivity (Wildman–Crippen MR) is 185 cm³/mol. The van der Waals surface area contributed by atoms with Crippen LogP contribution in [0.4, 0.5) is 5.69 Å². The SMILES string of the molecule is CC(C)c1cccc(C(C)C)c1NC(=O)C(P(c1ccccc1)c1ccccc1)P(c1ccccc1)c1ccccc1. The Morgan fingerprint density at radius 2 is 0.786 bits per heavy atom.